The van der Waals surface area contributed by atoms with E-state index in [2.05, 4.69) is 11.3 Å². The maximum Gasteiger partial charge on any atom is 0.414 e. The highest BCUT2D eigenvalue weighted by molar-refractivity contribution is 5.86. The smallest absolute Gasteiger partial charge is 0.414 e. The molecular formula is C16H26N2O5. The number of amides is 2. The Morgan fingerprint density at radius 3 is 2.22 bits per heavy atom. The second kappa shape index (κ2) is 9.66. The van der Waals surface area contributed by atoms with Crippen molar-refractivity contribution in [2.45, 2.75) is 33.3 Å². The third-order valence-corrected chi connectivity index (χ3v) is 2.51. The number of hydrogen-bond donors (Lipinski definition) is 0. The maximum atomic E-state index is 12.3. The Hall–Kier alpha value is -2.31. The molecule has 0 aromatic rings. The highest BCUT2D eigenvalue weighted by Gasteiger charge is 2.25. The first-order valence-electron chi connectivity index (χ1n) is 7.22. The summed E-state index contributed by atoms with van der Waals surface area (Å²) in [5.41, 5.74) is -0.674. The van der Waals surface area contributed by atoms with Crippen LogP contribution in [0.2, 0.25) is 0 Å². The molecule has 0 aliphatic heterocycles. The van der Waals surface area contributed by atoms with Crippen LogP contribution in [0.15, 0.2) is 24.9 Å². The van der Waals surface area contributed by atoms with Crippen molar-refractivity contribution in [3.8, 4) is 0 Å². The number of nitrogens with zero attached hydrogens (tertiary/aromatic N) is 2. The van der Waals surface area contributed by atoms with E-state index >= 15 is 0 Å². The number of allylic oxidation sites excluding steroid dienone is 1. The van der Waals surface area contributed by atoms with Gasteiger partial charge in [0, 0.05) is 12.7 Å². The molecule has 23 heavy (non-hydrogen) atoms. The molecule has 0 heterocycles. The van der Waals surface area contributed by atoms with Crippen molar-refractivity contribution in [3.63, 3.8) is 0 Å². The first kappa shape index (κ1) is 20.7. The van der Waals surface area contributed by atoms with Gasteiger partial charge in [-0.3, -0.25) is 14.5 Å². The first-order chi connectivity index (χ1) is 10.6. The molecule has 130 valence electrons. The van der Waals surface area contributed by atoms with Gasteiger partial charge >= 0.3 is 12.1 Å². The molecule has 0 saturated carbocycles. The zero-order valence-electron chi connectivity index (χ0n) is 14.5. The van der Waals surface area contributed by atoms with Gasteiger partial charge in [-0.05, 0) is 27.7 Å². The summed E-state index contributed by atoms with van der Waals surface area (Å²) >= 11 is 0. The average Bonchev–Trinajstić information content (AvgIpc) is 2.44. The number of methoxy groups -OCH3 is 1. The molecule has 0 aliphatic carbocycles. The number of ether oxygens (including phenoxy) is 2. The number of hydrogen-bond acceptors (Lipinski definition) is 5. The Balaban J connectivity index is 5.01. The van der Waals surface area contributed by atoms with Crippen LogP contribution in [0.3, 0.4) is 0 Å². The van der Waals surface area contributed by atoms with Gasteiger partial charge in [-0.25, -0.2) is 4.79 Å². The van der Waals surface area contributed by atoms with Crippen molar-refractivity contribution in [2.75, 3.05) is 26.7 Å². The van der Waals surface area contributed by atoms with Gasteiger partial charge in [0.25, 0.3) is 0 Å². The minimum Gasteiger partial charge on any atom is -0.468 e. The number of rotatable bonds is 7. The zero-order chi connectivity index (χ0) is 18.0. The Morgan fingerprint density at radius 1 is 1.17 bits per heavy atom. The van der Waals surface area contributed by atoms with Gasteiger partial charge in [0.15, 0.2) is 0 Å². The fourth-order valence-electron chi connectivity index (χ4n) is 1.56. The predicted octanol–water partition coefficient (Wildman–Crippen LogP) is 1.94. The van der Waals surface area contributed by atoms with E-state index in [1.54, 1.807) is 33.8 Å². The summed E-state index contributed by atoms with van der Waals surface area (Å²) in [6.45, 7) is 10.2. The number of esters is 1. The lowest BCUT2D eigenvalue weighted by atomic mass is 10.2. The lowest BCUT2D eigenvalue weighted by molar-refractivity contribution is -0.146. The van der Waals surface area contributed by atoms with E-state index in [4.69, 9.17) is 4.74 Å². The second-order valence-corrected chi connectivity index (χ2v) is 5.73. The van der Waals surface area contributed by atoms with Crippen molar-refractivity contribution in [3.05, 3.63) is 24.9 Å². The number of carbonyl (C=O) groups is 3. The van der Waals surface area contributed by atoms with Gasteiger partial charge in [0.2, 0.25) is 5.91 Å². The summed E-state index contributed by atoms with van der Waals surface area (Å²) in [6, 6.07) is 0. The van der Waals surface area contributed by atoms with Crippen LogP contribution < -0.4 is 0 Å². The lowest BCUT2D eigenvalue weighted by Gasteiger charge is -2.27. The molecule has 7 nitrogen and oxygen atoms in total. The molecule has 0 bridgehead atoms. The minimum atomic E-state index is -0.674. The third kappa shape index (κ3) is 8.65. The van der Waals surface area contributed by atoms with Crippen molar-refractivity contribution >= 4 is 18.0 Å². The third-order valence-electron chi connectivity index (χ3n) is 2.51. The molecule has 0 saturated heterocycles. The summed E-state index contributed by atoms with van der Waals surface area (Å²) in [6.07, 6.45) is 3.93. The predicted molar refractivity (Wildman–Crippen MR) is 86.5 cm³/mol. The lowest BCUT2D eigenvalue weighted by Crippen LogP contribution is -2.44. The Kier molecular flexibility index (Phi) is 8.69. The summed E-state index contributed by atoms with van der Waals surface area (Å²) in [4.78, 5) is 38.2. The summed E-state index contributed by atoms with van der Waals surface area (Å²) < 4.78 is 9.81. The monoisotopic (exact) mass is 326 g/mol. The van der Waals surface area contributed by atoms with Crippen molar-refractivity contribution in [1.82, 2.24) is 9.80 Å². The quantitative estimate of drug-likeness (QED) is 0.528. The Bertz CT molecular complexity index is 466. The van der Waals surface area contributed by atoms with E-state index in [9.17, 15) is 14.4 Å². The second-order valence-electron chi connectivity index (χ2n) is 5.73. The highest BCUT2D eigenvalue weighted by Crippen LogP contribution is 2.10. The van der Waals surface area contributed by atoms with Crippen molar-refractivity contribution in [1.29, 1.82) is 0 Å². The average molecular weight is 326 g/mol. The standard InChI is InChI=1S/C16H26N2O5/c1-7-9-17(12-14(20)22-6)13(19)11-18(10-8-2)15(21)23-16(3,4)5/h7-8,10H,1,9,11-12H2,2-6H3/b10-8+. The Labute approximate surface area is 137 Å². The van der Waals surface area contributed by atoms with Crippen LogP contribution in [0.25, 0.3) is 0 Å². The first-order valence-corrected chi connectivity index (χ1v) is 7.22. The molecule has 0 N–H and O–H groups in total. The van der Waals surface area contributed by atoms with Crippen LogP contribution in [0, 0.1) is 0 Å². The van der Waals surface area contributed by atoms with Crippen LogP contribution in [0.4, 0.5) is 4.79 Å². The molecule has 0 atom stereocenters. The van der Waals surface area contributed by atoms with E-state index in [0.29, 0.717) is 0 Å². The van der Waals surface area contributed by atoms with Gasteiger partial charge in [-0.2, -0.15) is 0 Å². The fraction of sp³-hybridized carbons (Fsp3) is 0.562. The molecule has 0 aromatic carbocycles. The SMILES string of the molecule is C=CCN(CC(=O)OC)C(=O)CN(/C=C/C)C(=O)OC(C)(C)C. The van der Waals surface area contributed by atoms with E-state index < -0.39 is 23.6 Å². The van der Waals surface area contributed by atoms with E-state index in [1.807, 2.05) is 0 Å². The van der Waals surface area contributed by atoms with Crippen LogP contribution in [-0.4, -0.2) is 60.1 Å². The molecule has 0 rings (SSSR count). The van der Waals surface area contributed by atoms with Gasteiger partial charge in [-0.1, -0.05) is 12.2 Å². The van der Waals surface area contributed by atoms with Crippen LogP contribution in [-0.2, 0) is 19.1 Å². The normalized spacial score (nSPS) is 11.0. The molecule has 0 fully saturated rings. The fourth-order valence-corrected chi connectivity index (χ4v) is 1.56. The molecular weight excluding hydrogens is 300 g/mol. The molecule has 2 amide bonds. The van der Waals surface area contributed by atoms with Crippen LogP contribution in [0.1, 0.15) is 27.7 Å². The summed E-state index contributed by atoms with van der Waals surface area (Å²) in [7, 11) is 1.24. The van der Waals surface area contributed by atoms with Gasteiger partial charge < -0.3 is 14.4 Å². The van der Waals surface area contributed by atoms with Crippen molar-refractivity contribution < 1.29 is 23.9 Å². The molecule has 0 aliphatic rings. The topological polar surface area (TPSA) is 76.2 Å². The van der Waals surface area contributed by atoms with Crippen LogP contribution >= 0.6 is 0 Å². The maximum absolute atomic E-state index is 12.3. The molecule has 0 radical (unpaired) electrons. The van der Waals surface area contributed by atoms with Crippen LogP contribution in [0.5, 0.6) is 0 Å². The highest BCUT2D eigenvalue weighted by atomic mass is 16.6. The zero-order valence-corrected chi connectivity index (χ0v) is 14.5. The van der Waals surface area contributed by atoms with Gasteiger partial charge in [0.1, 0.15) is 18.7 Å². The molecule has 0 unspecified atom stereocenters. The van der Waals surface area contributed by atoms with E-state index in [1.165, 1.54) is 24.3 Å². The van der Waals surface area contributed by atoms with E-state index in [-0.39, 0.29) is 19.6 Å². The molecule has 0 aromatic heterocycles. The summed E-state index contributed by atoms with van der Waals surface area (Å²) in [5, 5.41) is 0. The van der Waals surface area contributed by atoms with Gasteiger partial charge in [-0.15, -0.1) is 6.58 Å². The minimum absolute atomic E-state index is 0.173. The summed E-state index contributed by atoms with van der Waals surface area (Å²) in [5.74, 6) is -0.964. The largest absolute Gasteiger partial charge is 0.468 e. The van der Waals surface area contributed by atoms with E-state index in [0.717, 1.165) is 4.90 Å². The van der Waals surface area contributed by atoms with Gasteiger partial charge in [0.05, 0.1) is 7.11 Å². The number of carbonyl (C=O) groups excluding carboxylic acids is 3. The molecule has 0 spiro atoms. The Morgan fingerprint density at radius 2 is 1.78 bits per heavy atom. The van der Waals surface area contributed by atoms with Crippen molar-refractivity contribution in [2.24, 2.45) is 0 Å². The molecule has 7 heteroatoms.